The fourth-order valence-corrected chi connectivity index (χ4v) is 3.60. The van der Waals surface area contributed by atoms with Crippen LogP contribution in [0.4, 0.5) is 0 Å². The van der Waals surface area contributed by atoms with Gasteiger partial charge in [0.1, 0.15) is 11.4 Å². The topological polar surface area (TPSA) is 29.5 Å². The Morgan fingerprint density at radius 1 is 1.38 bits per heavy atom. The van der Waals surface area contributed by atoms with Gasteiger partial charge in [0.15, 0.2) is 0 Å². The Morgan fingerprint density at radius 2 is 2.12 bits per heavy atom. The molecule has 1 aliphatic carbocycles. The zero-order chi connectivity index (χ0) is 11.8. The predicted molar refractivity (Wildman–Crippen MR) is 65.0 cm³/mol. The lowest BCUT2D eigenvalue weighted by molar-refractivity contribution is -0.0702. The van der Waals surface area contributed by atoms with Crippen LogP contribution in [0.5, 0.6) is 0 Å². The third-order valence-electron chi connectivity index (χ3n) is 3.75. The minimum absolute atomic E-state index is 0.216. The summed E-state index contributed by atoms with van der Waals surface area (Å²) in [7, 11) is 0. The Kier molecular flexibility index (Phi) is 3.04. The second-order valence-corrected chi connectivity index (χ2v) is 6.45. The molecule has 2 atom stereocenters. The molecule has 0 spiro atoms. The first-order valence-electron chi connectivity index (χ1n) is 6.47. The lowest BCUT2D eigenvalue weighted by Gasteiger charge is -2.45. The molecule has 92 valence electrons. The summed E-state index contributed by atoms with van der Waals surface area (Å²) in [6.45, 7) is 7.49. The highest BCUT2D eigenvalue weighted by Crippen LogP contribution is 2.47. The highest BCUT2D eigenvalue weighted by molar-refractivity contribution is 5.15. The van der Waals surface area contributed by atoms with Gasteiger partial charge in [-0.15, -0.1) is 0 Å². The van der Waals surface area contributed by atoms with Crippen LogP contribution in [0.15, 0.2) is 11.8 Å². The smallest absolute Gasteiger partial charge is 0.124 e. The number of allylic oxidation sites excluding steroid dienone is 1. The molecule has 2 unspecified atom stereocenters. The zero-order valence-corrected chi connectivity index (χ0v) is 10.8. The summed E-state index contributed by atoms with van der Waals surface area (Å²) in [5.41, 5.74) is -0.490. The van der Waals surface area contributed by atoms with Gasteiger partial charge in [-0.1, -0.05) is 20.8 Å². The molecule has 1 saturated carbocycles. The van der Waals surface area contributed by atoms with Crippen LogP contribution in [0.3, 0.4) is 0 Å². The van der Waals surface area contributed by atoms with Gasteiger partial charge in [0.05, 0.1) is 6.61 Å². The first-order chi connectivity index (χ1) is 7.41. The van der Waals surface area contributed by atoms with E-state index in [9.17, 15) is 5.11 Å². The minimum atomic E-state index is -0.707. The summed E-state index contributed by atoms with van der Waals surface area (Å²) < 4.78 is 5.67. The van der Waals surface area contributed by atoms with Gasteiger partial charge >= 0.3 is 0 Å². The van der Waals surface area contributed by atoms with E-state index in [4.69, 9.17) is 4.74 Å². The molecule has 0 bridgehead atoms. The van der Waals surface area contributed by atoms with Gasteiger partial charge in [-0.25, -0.2) is 0 Å². The van der Waals surface area contributed by atoms with Crippen molar-refractivity contribution in [2.75, 3.05) is 6.61 Å². The second kappa shape index (κ2) is 4.06. The van der Waals surface area contributed by atoms with Crippen LogP contribution in [0.2, 0.25) is 0 Å². The Hall–Kier alpha value is -0.500. The summed E-state index contributed by atoms with van der Waals surface area (Å²) in [6.07, 6.45) is 7.10. The number of rotatable bonds is 1. The first-order valence-corrected chi connectivity index (χ1v) is 6.47. The van der Waals surface area contributed by atoms with Crippen LogP contribution < -0.4 is 0 Å². The lowest BCUT2D eigenvalue weighted by Crippen LogP contribution is -2.44. The zero-order valence-electron chi connectivity index (χ0n) is 10.8. The molecule has 0 radical (unpaired) electrons. The summed E-state index contributed by atoms with van der Waals surface area (Å²) in [4.78, 5) is 0. The van der Waals surface area contributed by atoms with E-state index in [0.29, 0.717) is 5.92 Å². The van der Waals surface area contributed by atoms with Crippen LogP contribution in [0, 0.1) is 11.3 Å². The van der Waals surface area contributed by atoms with E-state index >= 15 is 0 Å². The van der Waals surface area contributed by atoms with E-state index in [1.165, 1.54) is 6.42 Å². The predicted octanol–water partition coefficient (Wildman–Crippen LogP) is 3.26. The van der Waals surface area contributed by atoms with Gasteiger partial charge in [0.25, 0.3) is 0 Å². The van der Waals surface area contributed by atoms with Crippen LogP contribution >= 0.6 is 0 Å². The number of ether oxygens (including phenoxy) is 1. The van der Waals surface area contributed by atoms with Crippen LogP contribution in [-0.2, 0) is 4.74 Å². The van der Waals surface area contributed by atoms with Gasteiger partial charge in [0, 0.05) is 0 Å². The summed E-state index contributed by atoms with van der Waals surface area (Å²) in [5.74, 6) is 1.42. The molecular formula is C14H24O2. The van der Waals surface area contributed by atoms with Crippen molar-refractivity contribution in [3.63, 3.8) is 0 Å². The molecule has 1 heterocycles. The average Bonchev–Trinajstić information content (AvgIpc) is 2.15. The minimum Gasteiger partial charge on any atom is -0.495 e. The van der Waals surface area contributed by atoms with Crippen molar-refractivity contribution in [3.8, 4) is 0 Å². The Balaban J connectivity index is 2.19. The number of hydrogen-bond acceptors (Lipinski definition) is 2. The van der Waals surface area contributed by atoms with Crippen LogP contribution in [-0.4, -0.2) is 17.3 Å². The Morgan fingerprint density at radius 3 is 2.69 bits per heavy atom. The second-order valence-electron chi connectivity index (χ2n) is 6.45. The first kappa shape index (κ1) is 12.0. The molecule has 1 fully saturated rings. The molecule has 2 rings (SSSR count). The summed E-state index contributed by atoms with van der Waals surface area (Å²) in [6, 6.07) is 0. The van der Waals surface area contributed by atoms with Crippen molar-refractivity contribution in [3.05, 3.63) is 11.8 Å². The lowest BCUT2D eigenvalue weighted by atomic mass is 9.65. The molecule has 1 aliphatic heterocycles. The van der Waals surface area contributed by atoms with E-state index in [1.807, 2.05) is 0 Å². The van der Waals surface area contributed by atoms with Crippen molar-refractivity contribution < 1.29 is 9.84 Å². The van der Waals surface area contributed by atoms with Gasteiger partial charge < -0.3 is 9.84 Å². The Labute approximate surface area is 98.7 Å². The van der Waals surface area contributed by atoms with Crippen molar-refractivity contribution in [1.82, 2.24) is 0 Å². The van der Waals surface area contributed by atoms with Gasteiger partial charge in [0.2, 0.25) is 0 Å². The van der Waals surface area contributed by atoms with Crippen LogP contribution in [0.25, 0.3) is 0 Å². The maximum atomic E-state index is 10.8. The van der Waals surface area contributed by atoms with Gasteiger partial charge in [-0.2, -0.15) is 0 Å². The third-order valence-corrected chi connectivity index (χ3v) is 3.75. The van der Waals surface area contributed by atoms with E-state index in [-0.39, 0.29) is 5.41 Å². The number of aliphatic hydroxyl groups is 1. The highest BCUT2D eigenvalue weighted by Gasteiger charge is 2.45. The highest BCUT2D eigenvalue weighted by atomic mass is 16.5. The molecule has 2 aliphatic rings. The van der Waals surface area contributed by atoms with E-state index in [0.717, 1.165) is 38.0 Å². The maximum Gasteiger partial charge on any atom is 0.124 e. The molecule has 0 saturated heterocycles. The van der Waals surface area contributed by atoms with Crippen LogP contribution in [0.1, 0.15) is 52.9 Å². The van der Waals surface area contributed by atoms with Gasteiger partial charge in [-0.3, -0.25) is 0 Å². The fourth-order valence-electron chi connectivity index (χ4n) is 3.60. The van der Waals surface area contributed by atoms with E-state index in [1.54, 1.807) is 0 Å². The summed E-state index contributed by atoms with van der Waals surface area (Å²) >= 11 is 0. The average molecular weight is 224 g/mol. The van der Waals surface area contributed by atoms with Crippen molar-refractivity contribution in [2.45, 2.75) is 58.5 Å². The SMILES string of the molecule is CC1CC(C)(C)CC(O)(C2=CCCCO2)C1. The molecule has 16 heavy (non-hydrogen) atoms. The third kappa shape index (κ3) is 2.42. The normalized spacial score (nSPS) is 38.8. The molecule has 0 amide bonds. The molecule has 2 heteroatoms. The number of hydrogen-bond donors (Lipinski definition) is 1. The standard InChI is InChI=1S/C14H24O2/c1-11-8-13(2,3)10-14(15,9-11)12-6-4-5-7-16-12/h6,11,15H,4-5,7-10H2,1-3H3. The van der Waals surface area contributed by atoms with Gasteiger partial charge in [-0.05, 0) is 49.5 Å². The molecule has 1 N–H and O–H groups in total. The molecular weight excluding hydrogens is 200 g/mol. The molecule has 2 nitrogen and oxygen atoms in total. The molecule has 0 aromatic rings. The van der Waals surface area contributed by atoms with Crippen molar-refractivity contribution >= 4 is 0 Å². The quantitative estimate of drug-likeness (QED) is 0.741. The monoisotopic (exact) mass is 224 g/mol. The van der Waals surface area contributed by atoms with E-state index < -0.39 is 5.60 Å². The molecule has 0 aromatic carbocycles. The fraction of sp³-hybridized carbons (Fsp3) is 0.857. The van der Waals surface area contributed by atoms with Crippen molar-refractivity contribution in [2.24, 2.45) is 11.3 Å². The summed E-state index contributed by atoms with van der Waals surface area (Å²) in [5, 5.41) is 10.8. The largest absolute Gasteiger partial charge is 0.495 e. The van der Waals surface area contributed by atoms with Crippen molar-refractivity contribution in [1.29, 1.82) is 0 Å². The van der Waals surface area contributed by atoms with E-state index in [2.05, 4.69) is 26.8 Å². The maximum absolute atomic E-state index is 10.8. The molecule has 0 aromatic heterocycles. The Bertz CT molecular complexity index is 293.